The van der Waals surface area contributed by atoms with Gasteiger partial charge >= 0.3 is 0 Å². The van der Waals surface area contributed by atoms with Gasteiger partial charge in [-0.3, -0.25) is 9.79 Å². The number of aliphatic hydroxyl groups excluding tert-OH is 1. The van der Waals surface area contributed by atoms with Gasteiger partial charge < -0.3 is 10.4 Å². The third kappa shape index (κ3) is 3.98. The minimum atomic E-state index is -3.67. The summed E-state index contributed by atoms with van der Waals surface area (Å²) in [5, 5.41) is 11.5. The average Bonchev–Trinajstić information content (AvgIpc) is 2.95. The smallest absolute Gasteiger partial charge is 0.240 e. The van der Waals surface area contributed by atoms with E-state index in [4.69, 9.17) is 5.11 Å². The summed E-state index contributed by atoms with van der Waals surface area (Å²) in [4.78, 5) is 16.5. The summed E-state index contributed by atoms with van der Waals surface area (Å²) >= 11 is 0. The number of amides is 1. The highest BCUT2D eigenvalue weighted by Crippen LogP contribution is 2.31. The fourth-order valence-corrected chi connectivity index (χ4v) is 3.76. The number of hydrogen-bond acceptors (Lipinski definition) is 5. The summed E-state index contributed by atoms with van der Waals surface area (Å²) in [6, 6.07) is 13.6. The molecule has 26 heavy (non-hydrogen) atoms. The molecule has 1 amide bonds. The zero-order valence-electron chi connectivity index (χ0n) is 13.9. The molecule has 1 aliphatic rings. The van der Waals surface area contributed by atoms with Crippen molar-refractivity contribution in [1.29, 1.82) is 0 Å². The first-order valence-corrected chi connectivity index (χ1v) is 9.64. The van der Waals surface area contributed by atoms with E-state index in [1.165, 1.54) is 18.3 Å². The van der Waals surface area contributed by atoms with Crippen LogP contribution in [-0.2, 0) is 14.8 Å². The lowest BCUT2D eigenvalue weighted by Crippen LogP contribution is -2.25. The monoisotopic (exact) mass is 373 g/mol. The number of carbonyl (C=O) groups excluding carboxylic acids is 1. The number of rotatable bonds is 7. The number of fused-ring (bicyclic) bond motifs is 1. The molecule has 3 N–H and O–H groups in total. The van der Waals surface area contributed by atoms with Crippen LogP contribution in [-0.4, -0.2) is 38.8 Å². The van der Waals surface area contributed by atoms with Gasteiger partial charge in [0.15, 0.2) is 0 Å². The van der Waals surface area contributed by atoms with E-state index in [1.807, 2.05) is 24.3 Å². The van der Waals surface area contributed by atoms with E-state index in [-0.39, 0.29) is 24.0 Å². The van der Waals surface area contributed by atoms with Crippen molar-refractivity contribution in [3.63, 3.8) is 0 Å². The normalized spacial score (nSPS) is 16.7. The van der Waals surface area contributed by atoms with E-state index in [0.717, 1.165) is 11.3 Å². The fraction of sp³-hybridized carbons (Fsp3) is 0.222. The molecule has 0 bridgehead atoms. The molecular weight excluding hydrogens is 354 g/mol. The van der Waals surface area contributed by atoms with Crippen LogP contribution in [0.3, 0.4) is 0 Å². The quantitative estimate of drug-likeness (QED) is 0.508. The second-order valence-corrected chi connectivity index (χ2v) is 7.57. The zero-order valence-corrected chi connectivity index (χ0v) is 14.7. The third-order valence-corrected chi connectivity index (χ3v) is 5.42. The molecular formula is C18H19N3O4S. The van der Waals surface area contributed by atoms with Gasteiger partial charge in [-0.1, -0.05) is 24.3 Å². The van der Waals surface area contributed by atoms with Crippen LogP contribution in [0.2, 0.25) is 0 Å². The van der Waals surface area contributed by atoms with Crippen molar-refractivity contribution in [1.82, 2.24) is 4.72 Å². The first-order valence-electron chi connectivity index (χ1n) is 8.16. The van der Waals surface area contributed by atoms with E-state index in [0.29, 0.717) is 12.1 Å². The maximum Gasteiger partial charge on any atom is 0.240 e. The van der Waals surface area contributed by atoms with Crippen LogP contribution in [0, 0.1) is 0 Å². The summed E-state index contributed by atoms with van der Waals surface area (Å²) in [6.45, 7) is 0.0726. The van der Waals surface area contributed by atoms with E-state index in [9.17, 15) is 13.2 Å². The Balaban J connectivity index is 1.79. The fourth-order valence-electron chi connectivity index (χ4n) is 2.64. The molecule has 0 aromatic heterocycles. The van der Waals surface area contributed by atoms with Crippen molar-refractivity contribution >= 4 is 33.5 Å². The Morgan fingerprint density at radius 3 is 2.81 bits per heavy atom. The Morgan fingerprint density at radius 1 is 1.19 bits per heavy atom. The van der Waals surface area contributed by atoms with Crippen LogP contribution in [0.1, 0.15) is 17.9 Å². The summed E-state index contributed by atoms with van der Waals surface area (Å²) in [7, 11) is -3.67. The van der Waals surface area contributed by atoms with Crippen LogP contribution in [0.25, 0.3) is 0 Å². The molecule has 1 aliphatic heterocycles. The molecule has 1 atom stereocenters. The highest BCUT2D eigenvalue weighted by molar-refractivity contribution is 7.89. The third-order valence-electron chi connectivity index (χ3n) is 3.96. The number of benzene rings is 2. The van der Waals surface area contributed by atoms with Crippen molar-refractivity contribution in [2.45, 2.75) is 17.2 Å². The number of hydrogen-bond donors (Lipinski definition) is 3. The topological polar surface area (TPSA) is 108 Å². The standard InChI is InChI=1S/C18H19N3O4S/c22-10-4-9-20-26(24,25)14-6-3-5-13(11-14)19-12-16-15-7-1-2-8-17(15)21-18(16)23/h1-3,5-8,11-12,16,20,22H,4,9-10H2,(H,21,23). The number of sulfonamides is 1. The van der Waals surface area contributed by atoms with E-state index in [2.05, 4.69) is 15.0 Å². The van der Waals surface area contributed by atoms with E-state index in [1.54, 1.807) is 12.1 Å². The van der Waals surface area contributed by atoms with E-state index < -0.39 is 15.9 Å². The predicted molar refractivity (Wildman–Crippen MR) is 99.3 cm³/mol. The second-order valence-electron chi connectivity index (χ2n) is 5.80. The minimum Gasteiger partial charge on any atom is -0.396 e. The predicted octanol–water partition coefficient (Wildman–Crippen LogP) is 1.79. The Labute approximate surface area is 151 Å². The van der Waals surface area contributed by atoms with Crippen LogP contribution in [0.4, 0.5) is 11.4 Å². The molecule has 8 heteroatoms. The van der Waals surface area contributed by atoms with Gasteiger partial charge in [0.1, 0.15) is 5.92 Å². The molecule has 0 spiro atoms. The molecule has 2 aromatic rings. The average molecular weight is 373 g/mol. The lowest BCUT2D eigenvalue weighted by atomic mass is 10.0. The zero-order chi connectivity index (χ0) is 18.6. The Hall–Kier alpha value is -2.55. The van der Waals surface area contributed by atoms with Gasteiger partial charge in [-0.15, -0.1) is 0 Å². The number of nitrogens with one attached hydrogen (secondary N) is 2. The summed E-state index contributed by atoms with van der Waals surface area (Å²) < 4.78 is 26.9. The van der Waals surface area contributed by atoms with Crippen LogP contribution < -0.4 is 10.0 Å². The highest BCUT2D eigenvalue weighted by Gasteiger charge is 2.28. The van der Waals surface area contributed by atoms with Crippen molar-refractivity contribution in [3.05, 3.63) is 54.1 Å². The van der Waals surface area contributed by atoms with Crippen LogP contribution in [0.15, 0.2) is 58.4 Å². The molecule has 2 aromatic carbocycles. The van der Waals surface area contributed by atoms with Crippen LogP contribution in [0.5, 0.6) is 0 Å². The van der Waals surface area contributed by atoms with Gasteiger partial charge in [0.05, 0.1) is 10.6 Å². The van der Waals surface area contributed by atoms with Gasteiger partial charge in [0.2, 0.25) is 15.9 Å². The van der Waals surface area contributed by atoms with Gasteiger partial charge in [-0.2, -0.15) is 0 Å². The Kier molecular flexibility index (Phi) is 5.46. The summed E-state index contributed by atoms with van der Waals surface area (Å²) in [6.07, 6.45) is 1.86. The molecule has 3 rings (SSSR count). The lowest BCUT2D eigenvalue weighted by molar-refractivity contribution is -0.115. The molecule has 7 nitrogen and oxygen atoms in total. The van der Waals surface area contributed by atoms with Crippen molar-refractivity contribution < 1.29 is 18.3 Å². The van der Waals surface area contributed by atoms with Crippen LogP contribution >= 0.6 is 0 Å². The van der Waals surface area contributed by atoms with Gasteiger partial charge in [0.25, 0.3) is 0 Å². The van der Waals surface area contributed by atoms with Crippen molar-refractivity contribution in [2.75, 3.05) is 18.5 Å². The Morgan fingerprint density at radius 2 is 2.00 bits per heavy atom. The molecule has 1 unspecified atom stereocenters. The maximum absolute atomic E-state index is 12.2. The lowest BCUT2D eigenvalue weighted by Gasteiger charge is -2.07. The number of aliphatic hydroxyl groups is 1. The van der Waals surface area contributed by atoms with E-state index >= 15 is 0 Å². The van der Waals surface area contributed by atoms with Gasteiger partial charge in [0, 0.05) is 25.1 Å². The second kappa shape index (κ2) is 7.77. The molecule has 0 fully saturated rings. The molecule has 0 saturated carbocycles. The molecule has 0 aliphatic carbocycles. The molecule has 136 valence electrons. The van der Waals surface area contributed by atoms with Gasteiger partial charge in [-0.25, -0.2) is 13.1 Å². The maximum atomic E-state index is 12.2. The van der Waals surface area contributed by atoms with Crippen molar-refractivity contribution in [2.24, 2.45) is 4.99 Å². The van der Waals surface area contributed by atoms with Crippen molar-refractivity contribution in [3.8, 4) is 0 Å². The number of carbonyl (C=O) groups is 1. The molecule has 0 saturated heterocycles. The molecule has 1 heterocycles. The Bertz CT molecular complexity index is 941. The highest BCUT2D eigenvalue weighted by atomic mass is 32.2. The first-order chi connectivity index (χ1) is 12.5. The largest absolute Gasteiger partial charge is 0.396 e. The number of nitrogens with zero attached hydrogens (tertiary/aromatic N) is 1. The SMILES string of the molecule is O=C1Nc2ccccc2C1C=Nc1cccc(S(=O)(=O)NCCCO)c1. The minimum absolute atomic E-state index is 0.0846. The first kappa shape index (κ1) is 18.2. The summed E-state index contributed by atoms with van der Waals surface area (Å²) in [5.74, 6) is -0.668. The number of anilines is 1. The number of para-hydroxylation sites is 1. The molecule has 0 radical (unpaired) electrons. The number of aliphatic imine (C=N–C) groups is 1. The summed E-state index contributed by atoms with van der Waals surface area (Å²) in [5.41, 5.74) is 2.04. The van der Waals surface area contributed by atoms with Gasteiger partial charge in [-0.05, 0) is 36.2 Å².